The lowest BCUT2D eigenvalue weighted by molar-refractivity contribution is 0.0780. The highest BCUT2D eigenvalue weighted by atomic mass is 19.1. The molecule has 0 heterocycles. The Morgan fingerprint density at radius 2 is 1.86 bits per heavy atom. The van der Waals surface area contributed by atoms with E-state index in [9.17, 15) is 18.0 Å². The Morgan fingerprint density at radius 3 is 2.52 bits per heavy atom. The third-order valence-corrected chi connectivity index (χ3v) is 2.95. The van der Waals surface area contributed by atoms with Gasteiger partial charge in [-0.1, -0.05) is 12.1 Å². The third-order valence-electron chi connectivity index (χ3n) is 2.95. The summed E-state index contributed by atoms with van der Waals surface area (Å²) in [6.07, 6.45) is 0. The van der Waals surface area contributed by atoms with Crippen LogP contribution in [0.25, 0.3) is 0 Å². The molecule has 6 heteroatoms. The van der Waals surface area contributed by atoms with Crippen LogP contribution in [0.15, 0.2) is 36.4 Å². The van der Waals surface area contributed by atoms with Crippen molar-refractivity contribution in [3.8, 4) is 0 Å². The van der Waals surface area contributed by atoms with Gasteiger partial charge in [-0.2, -0.15) is 0 Å². The summed E-state index contributed by atoms with van der Waals surface area (Å²) < 4.78 is 40.1. The van der Waals surface area contributed by atoms with Crippen molar-refractivity contribution in [2.45, 2.75) is 6.54 Å². The molecule has 2 aromatic rings. The van der Waals surface area contributed by atoms with Gasteiger partial charge in [0.05, 0.1) is 11.3 Å². The first kappa shape index (κ1) is 14.9. The molecule has 0 saturated heterocycles. The van der Waals surface area contributed by atoms with Crippen LogP contribution < -0.4 is 5.73 Å². The molecular weight excluding hydrogens is 281 g/mol. The molecule has 2 rings (SSSR count). The zero-order valence-electron chi connectivity index (χ0n) is 11.2. The highest BCUT2D eigenvalue weighted by Gasteiger charge is 2.19. The minimum absolute atomic E-state index is 0.0620. The predicted octanol–water partition coefficient (Wildman–Crippen LogP) is 2.96. The minimum atomic E-state index is -0.965. The quantitative estimate of drug-likeness (QED) is 0.885. The fraction of sp³-hybridized carbons (Fsp3) is 0.133. The molecule has 0 aliphatic carbocycles. The van der Waals surface area contributed by atoms with Crippen molar-refractivity contribution < 1.29 is 18.0 Å². The lowest BCUT2D eigenvalue weighted by Crippen LogP contribution is -2.27. The van der Waals surface area contributed by atoms with Crippen LogP contribution in [0.2, 0.25) is 0 Å². The van der Waals surface area contributed by atoms with E-state index in [2.05, 4.69) is 0 Å². The summed E-state index contributed by atoms with van der Waals surface area (Å²) in [7, 11) is 1.41. The number of carbonyl (C=O) groups excluding carboxylic acids is 1. The number of nitrogen functional groups attached to an aromatic ring is 1. The molecule has 0 aromatic heterocycles. The molecule has 0 bridgehead atoms. The first-order chi connectivity index (χ1) is 9.88. The van der Waals surface area contributed by atoms with Gasteiger partial charge >= 0.3 is 0 Å². The number of anilines is 1. The van der Waals surface area contributed by atoms with Crippen molar-refractivity contribution >= 4 is 11.6 Å². The molecule has 0 aliphatic heterocycles. The predicted molar refractivity (Wildman–Crippen MR) is 73.0 cm³/mol. The van der Waals surface area contributed by atoms with Gasteiger partial charge in [-0.05, 0) is 29.8 Å². The Kier molecular flexibility index (Phi) is 4.16. The maximum absolute atomic E-state index is 13.8. The first-order valence-electron chi connectivity index (χ1n) is 6.13. The molecule has 0 unspecified atom stereocenters. The molecule has 2 aromatic carbocycles. The van der Waals surface area contributed by atoms with Gasteiger partial charge in [0.25, 0.3) is 5.91 Å². The zero-order chi connectivity index (χ0) is 15.6. The molecule has 2 N–H and O–H groups in total. The fourth-order valence-electron chi connectivity index (χ4n) is 1.95. The van der Waals surface area contributed by atoms with Crippen LogP contribution in [0.3, 0.4) is 0 Å². The highest BCUT2D eigenvalue weighted by molar-refractivity contribution is 5.95. The Hall–Kier alpha value is -2.50. The van der Waals surface area contributed by atoms with E-state index >= 15 is 0 Å². The van der Waals surface area contributed by atoms with Crippen LogP contribution in [0.4, 0.5) is 18.9 Å². The van der Waals surface area contributed by atoms with Gasteiger partial charge in [0, 0.05) is 13.6 Å². The maximum atomic E-state index is 13.8. The monoisotopic (exact) mass is 294 g/mol. The van der Waals surface area contributed by atoms with E-state index in [4.69, 9.17) is 5.73 Å². The summed E-state index contributed by atoms with van der Waals surface area (Å²) in [5.74, 6) is -2.93. The van der Waals surface area contributed by atoms with Gasteiger partial charge < -0.3 is 10.6 Å². The Labute approximate surface area is 119 Å². The topological polar surface area (TPSA) is 46.3 Å². The molecule has 0 aliphatic rings. The number of rotatable bonds is 3. The van der Waals surface area contributed by atoms with Crippen molar-refractivity contribution in [3.63, 3.8) is 0 Å². The SMILES string of the molecule is CN(Cc1cccc(F)c1)C(=O)c1cc(F)cc(N)c1F. The van der Waals surface area contributed by atoms with Crippen molar-refractivity contribution in [2.24, 2.45) is 0 Å². The number of amides is 1. The van der Waals surface area contributed by atoms with Crippen LogP contribution in [0.5, 0.6) is 0 Å². The maximum Gasteiger partial charge on any atom is 0.257 e. The zero-order valence-corrected chi connectivity index (χ0v) is 11.2. The molecule has 0 fully saturated rings. The number of hydrogen-bond donors (Lipinski definition) is 1. The van der Waals surface area contributed by atoms with Gasteiger partial charge in [-0.15, -0.1) is 0 Å². The van der Waals surface area contributed by atoms with Crippen molar-refractivity contribution in [3.05, 3.63) is 65.0 Å². The van der Waals surface area contributed by atoms with Gasteiger partial charge in [0.15, 0.2) is 5.82 Å². The number of carbonyl (C=O) groups is 1. The normalized spacial score (nSPS) is 10.5. The molecule has 0 saturated carbocycles. The molecule has 110 valence electrons. The number of nitrogens with two attached hydrogens (primary N) is 1. The fourth-order valence-corrected chi connectivity index (χ4v) is 1.95. The molecule has 0 atom stereocenters. The second-order valence-electron chi connectivity index (χ2n) is 4.65. The Morgan fingerprint density at radius 1 is 1.14 bits per heavy atom. The molecular formula is C15H13F3N2O. The van der Waals surface area contributed by atoms with Gasteiger partial charge in [-0.3, -0.25) is 4.79 Å². The smallest absolute Gasteiger partial charge is 0.257 e. The second kappa shape index (κ2) is 5.87. The summed E-state index contributed by atoms with van der Waals surface area (Å²) in [5, 5.41) is 0. The number of benzene rings is 2. The van der Waals surface area contributed by atoms with Crippen LogP contribution in [0, 0.1) is 17.5 Å². The highest BCUT2D eigenvalue weighted by Crippen LogP contribution is 2.19. The van der Waals surface area contributed by atoms with Crippen LogP contribution in [0.1, 0.15) is 15.9 Å². The molecule has 1 amide bonds. The third kappa shape index (κ3) is 3.34. The average Bonchev–Trinajstić information content (AvgIpc) is 2.42. The van der Waals surface area contributed by atoms with Crippen molar-refractivity contribution in [2.75, 3.05) is 12.8 Å². The molecule has 0 spiro atoms. The molecule has 3 nitrogen and oxygen atoms in total. The van der Waals surface area contributed by atoms with Gasteiger partial charge in [0.2, 0.25) is 0 Å². The van der Waals surface area contributed by atoms with E-state index in [1.807, 2.05) is 0 Å². The number of halogens is 3. The minimum Gasteiger partial charge on any atom is -0.396 e. The van der Waals surface area contributed by atoms with Crippen LogP contribution >= 0.6 is 0 Å². The van der Waals surface area contributed by atoms with E-state index in [0.29, 0.717) is 5.56 Å². The summed E-state index contributed by atoms with van der Waals surface area (Å²) >= 11 is 0. The van der Waals surface area contributed by atoms with E-state index < -0.39 is 34.6 Å². The van der Waals surface area contributed by atoms with E-state index in [-0.39, 0.29) is 6.54 Å². The summed E-state index contributed by atoms with van der Waals surface area (Å²) in [6.45, 7) is 0.0620. The second-order valence-corrected chi connectivity index (χ2v) is 4.65. The van der Waals surface area contributed by atoms with E-state index in [1.165, 1.54) is 25.2 Å². The summed E-state index contributed by atoms with van der Waals surface area (Å²) in [4.78, 5) is 13.3. The Bertz CT molecular complexity index is 689. The summed E-state index contributed by atoms with van der Waals surface area (Å²) in [6, 6.07) is 7.26. The number of nitrogens with zero attached hydrogens (tertiary/aromatic N) is 1. The van der Waals surface area contributed by atoms with E-state index in [1.54, 1.807) is 6.07 Å². The summed E-state index contributed by atoms with van der Waals surface area (Å²) in [5.41, 5.74) is 4.95. The standard InChI is InChI=1S/C15H13F3N2O/c1-20(8-9-3-2-4-10(16)5-9)15(21)12-6-11(17)7-13(19)14(12)18/h2-7H,8,19H2,1H3. The Balaban J connectivity index is 2.24. The van der Waals surface area contributed by atoms with Crippen molar-refractivity contribution in [1.29, 1.82) is 0 Å². The molecule has 21 heavy (non-hydrogen) atoms. The number of hydrogen-bond acceptors (Lipinski definition) is 2. The van der Waals surface area contributed by atoms with Gasteiger partial charge in [-0.25, -0.2) is 13.2 Å². The van der Waals surface area contributed by atoms with Gasteiger partial charge in [0.1, 0.15) is 11.6 Å². The van der Waals surface area contributed by atoms with E-state index in [0.717, 1.165) is 17.0 Å². The van der Waals surface area contributed by atoms with Crippen LogP contribution in [-0.4, -0.2) is 17.9 Å². The lowest BCUT2D eigenvalue weighted by Gasteiger charge is -2.18. The van der Waals surface area contributed by atoms with Crippen molar-refractivity contribution in [1.82, 2.24) is 4.90 Å². The largest absolute Gasteiger partial charge is 0.396 e. The average molecular weight is 294 g/mol. The lowest BCUT2D eigenvalue weighted by atomic mass is 10.1. The van der Waals surface area contributed by atoms with Crippen LogP contribution in [-0.2, 0) is 6.54 Å². The first-order valence-corrected chi connectivity index (χ1v) is 6.13. The molecule has 0 radical (unpaired) electrons.